The predicted molar refractivity (Wildman–Crippen MR) is 100 cm³/mol. The summed E-state index contributed by atoms with van der Waals surface area (Å²) in [5, 5.41) is 2.49. The normalized spacial score (nSPS) is 11.1. The summed E-state index contributed by atoms with van der Waals surface area (Å²) in [6.45, 7) is 1.50. The summed E-state index contributed by atoms with van der Waals surface area (Å²) in [4.78, 5) is 20.4. The quantitative estimate of drug-likeness (QED) is 0.692. The van der Waals surface area contributed by atoms with Crippen LogP contribution >= 0.6 is 11.3 Å². The summed E-state index contributed by atoms with van der Waals surface area (Å²) in [6.07, 6.45) is 2.33. The zero-order valence-corrected chi connectivity index (χ0v) is 15.6. The van der Waals surface area contributed by atoms with Gasteiger partial charge in [-0.3, -0.25) is 9.69 Å². The van der Waals surface area contributed by atoms with Gasteiger partial charge in [-0.1, -0.05) is 0 Å². The molecular weight excluding hydrogens is 353 g/mol. The van der Waals surface area contributed by atoms with Gasteiger partial charge in [0, 0.05) is 23.9 Å². The zero-order chi connectivity index (χ0) is 18.5. The first-order chi connectivity index (χ1) is 12.5. The Bertz CT molecular complexity index is 844. The molecule has 0 saturated heterocycles. The molecule has 0 aliphatic rings. The highest BCUT2D eigenvalue weighted by Gasteiger charge is 2.23. The second-order valence-electron chi connectivity index (χ2n) is 6.27. The van der Waals surface area contributed by atoms with E-state index in [9.17, 15) is 9.18 Å². The third kappa shape index (κ3) is 4.36. The second kappa shape index (κ2) is 8.25. The number of halogens is 1. The summed E-state index contributed by atoms with van der Waals surface area (Å²) in [7, 11) is 4.16. The van der Waals surface area contributed by atoms with E-state index in [1.165, 1.54) is 34.6 Å². The van der Waals surface area contributed by atoms with Gasteiger partial charge in [0.15, 0.2) is 10.9 Å². The van der Waals surface area contributed by atoms with Gasteiger partial charge in [0.2, 0.25) is 0 Å². The Morgan fingerprint density at radius 3 is 2.69 bits per heavy atom. The number of amides is 1. The van der Waals surface area contributed by atoms with Crippen LogP contribution in [0.25, 0.3) is 11.3 Å². The number of nitrogens with zero attached hydrogens (tertiary/aromatic N) is 2. The van der Waals surface area contributed by atoms with E-state index in [1.807, 2.05) is 5.38 Å². The first-order valence-corrected chi connectivity index (χ1v) is 9.28. The van der Waals surface area contributed by atoms with Gasteiger partial charge in [-0.05, 0) is 36.4 Å². The number of carbonyl (C=O) groups excluding carboxylic acids is 1. The summed E-state index contributed by atoms with van der Waals surface area (Å²) in [6, 6.07) is 9.52. The lowest BCUT2D eigenvalue weighted by molar-refractivity contribution is -0.858. The predicted octanol–water partition coefficient (Wildman–Crippen LogP) is 2.72. The van der Waals surface area contributed by atoms with E-state index in [4.69, 9.17) is 4.42 Å². The number of benzene rings is 1. The molecular formula is C19H21FN3O2S+. The Balaban J connectivity index is 1.84. The minimum absolute atomic E-state index is 0.205. The smallest absolute Gasteiger partial charge is 0.295 e. The molecule has 136 valence electrons. The van der Waals surface area contributed by atoms with E-state index >= 15 is 0 Å². The molecule has 0 fully saturated rings. The molecule has 2 heterocycles. The van der Waals surface area contributed by atoms with Crippen LogP contribution in [0.4, 0.5) is 9.52 Å². The molecule has 26 heavy (non-hydrogen) atoms. The number of thiazole rings is 1. The lowest BCUT2D eigenvalue weighted by Crippen LogP contribution is -3.05. The molecule has 5 nitrogen and oxygen atoms in total. The average molecular weight is 374 g/mol. The van der Waals surface area contributed by atoms with Crippen molar-refractivity contribution in [2.75, 3.05) is 32.1 Å². The Kier molecular flexibility index (Phi) is 5.80. The van der Waals surface area contributed by atoms with Crippen molar-refractivity contribution in [3.05, 3.63) is 59.6 Å². The highest BCUT2D eigenvalue weighted by Crippen LogP contribution is 2.28. The molecule has 0 aliphatic carbocycles. The van der Waals surface area contributed by atoms with Crippen LogP contribution in [0, 0.1) is 5.82 Å². The van der Waals surface area contributed by atoms with Crippen LogP contribution in [-0.2, 0) is 0 Å². The topological polar surface area (TPSA) is 50.8 Å². The molecule has 1 aromatic carbocycles. The van der Waals surface area contributed by atoms with Crippen LogP contribution in [0.5, 0.6) is 0 Å². The molecule has 0 aliphatic heterocycles. The fourth-order valence-corrected chi connectivity index (χ4v) is 3.41. The van der Waals surface area contributed by atoms with Gasteiger partial charge >= 0.3 is 0 Å². The minimum atomic E-state index is -0.287. The lowest BCUT2D eigenvalue weighted by Gasteiger charge is -2.19. The third-order valence-corrected chi connectivity index (χ3v) is 4.76. The number of hydrogen-bond acceptors (Lipinski definition) is 4. The SMILES string of the molecule is C[NH+](C)CCCN(C(=O)c1ccco1)c1nc(-c2ccc(F)cc2)cs1. The number of hydrogen-bond donors (Lipinski definition) is 1. The molecule has 7 heteroatoms. The van der Waals surface area contributed by atoms with Crippen molar-refractivity contribution in [3.8, 4) is 11.3 Å². The summed E-state index contributed by atoms with van der Waals surface area (Å²) in [5.41, 5.74) is 1.54. The fraction of sp³-hybridized carbons (Fsp3) is 0.263. The zero-order valence-electron chi connectivity index (χ0n) is 14.7. The number of nitrogens with one attached hydrogen (secondary N) is 1. The monoisotopic (exact) mass is 374 g/mol. The highest BCUT2D eigenvalue weighted by atomic mass is 32.1. The molecule has 0 unspecified atom stereocenters. The van der Waals surface area contributed by atoms with Crippen LogP contribution in [0.3, 0.4) is 0 Å². The van der Waals surface area contributed by atoms with Crippen LogP contribution in [0.2, 0.25) is 0 Å². The van der Waals surface area contributed by atoms with Crippen molar-refractivity contribution in [1.82, 2.24) is 4.98 Å². The number of anilines is 1. The Morgan fingerprint density at radius 1 is 1.27 bits per heavy atom. The summed E-state index contributed by atoms with van der Waals surface area (Å²) in [5.74, 6) is -0.200. The molecule has 1 amide bonds. The molecule has 0 atom stereocenters. The van der Waals surface area contributed by atoms with E-state index in [-0.39, 0.29) is 11.7 Å². The van der Waals surface area contributed by atoms with Crippen molar-refractivity contribution >= 4 is 22.4 Å². The van der Waals surface area contributed by atoms with Crippen molar-refractivity contribution in [3.63, 3.8) is 0 Å². The molecule has 0 spiro atoms. The largest absolute Gasteiger partial charge is 0.459 e. The third-order valence-electron chi connectivity index (χ3n) is 3.90. The summed E-state index contributed by atoms with van der Waals surface area (Å²) >= 11 is 1.39. The Morgan fingerprint density at radius 2 is 2.04 bits per heavy atom. The van der Waals surface area contributed by atoms with Crippen LogP contribution in [-0.4, -0.2) is 38.1 Å². The van der Waals surface area contributed by atoms with E-state index < -0.39 is 0 Å². The van der Waals surface area contributed by atoms with Crippen LogP contribution < -0.4 is 9.80 Å². The van der Waals surface area contributed by atoms with Crippen LogP contribution in [0.1, 0.15) is 17.0 Å². The van der Waals surface area contributed by atoms with E-state index in [2.05, 4.69) is 19.1 Å². The van der Waals surface area contributed by atoms with Gasteiger partial charge < -0.3 is 9.32 Å². The molecule has 3 aromatic rings. The van der Waals surface area contributed by atoms with Crippen molar-refractivity contribution in [2.24, 2.45) is 0 Å². The number of carbonyl (C=O) groups is 1. The second-order valence-corrected chi connectivity index (χ2v) is 7.10. The molecule has 2 aromatic heterocycles. The first-order valence-electron chi connectivity index (χ1n) is 8.40. The Hall–Kier alpha value is -2.51. The van der Waals surface area contributed by atoms with E-state index in [1.54, 1.807) is 29.2 Å². The van der Waals surface area contributed by atoms with Gasteiger partial charge in [-0.25, -0.2) is 9.37 Å². The number of aromatic nitrogens is 1. The van der Waals surface area contributed by atoms with Gasteiger partial charge in [0.25, 0.3) is 5.91 Å². The van der Waals surface area contributed by atoms with Gasteiger partial charge in [0.1, 0.15) is 5.82 Å². The van der Waals surface area contributed by atoms with Gasteiger partial charge in [-0.15, -0.1) is 11.3 Å². The Labute approximate surface area is 155 Å². The van der Waals surface area contributed by atoms with Crippen molar-refractivity contribution in [2.45, 2.75) is 6.42 Å². The number of rotatable bonds is 7. The average Bonchev–Trinajstić information content (AvgIpc) is 3.30. The molecule has 1 N–H and O–H groups in total. The number of quaternary nitrogens is 1. The highest BCUT2D eigenvalue weighted by molar-refractivity contribution is 7.14. The maximum Gasteiger partial charge on any atom is 0.295 e. The van der Waals surface area contributed by atoms with Gasteiger partial charge in [0.05, 0.1) is 32.6 Å². The first kappa shape index (κ1) is 18.3. The van der Waals surface area contributed by atoms with E-state index in [0.717, 1.165) is 24.2 Å². The number of furan rings is 1. The van der Waals surface area contributed by atoms with Gasteiger partial charge in [-0.2, -0.15) is 0 Å². The van der Waals surface area contributed by atoms with Crippen molar-refractivity contribution < 1.29 is 18.5 Å². The maximum absolute atomic E-state index is 13.1. The lowest BCUT2D eigenvalue weighted by atomic mass is 10.2. The molecule has 0 saturated carbocycles. The maximum atomic E-state index is 13.1. The molecule has 0 bridgehead atoms. The van der Waals surface area contributed by atoms with Crippen molar-refractivity contribution in [1.29, 1.82) is 0 Å². The fourth-order valence-electron chi connectivity index (χ4n) is 2.55. The molecule has 3 rings (SSSR count). The van der Waals surface area contributed by atoms with E-state index in [0.29, 0.717) is 17.4 Å². The van der Waals surface area contributed by atoms with Crippen LogP contribution in [0.15, 0.2) is 52.5 Å². The summed E-state index contributed by atoms with van der Waals surface area (Å²) < 4.78 is 18.4. The minimum Gasteiger partial charge on any atom is -0.459 e. The molecule has 0 radical (unpaired) electrons. The standard InChI is InChI=1S/C19H20FN3O2S/c1-22(2)10-4-11-23(18(24)17-5-3-12-25-17)19-21-16(13-26-19)14-6-8-15(20)9-7-14/h3,5-9,12-13H,4,10-11H2,1-2H3/p+1.